The Balaban J connectivity index is 1.82. The topological polar surface area (TPSA) is 54.6 Å². The van der Waals surface area contributed by atoms with Crippen LogP contribution in [0.3, 0.4) is 0 Å². The first kappa shape index (κ1) is 17.7. The lowest BCUT2D eigenvalue weighted by Crippen LogP contribution is -2.09. The van der Waals surface area contributed by atoms with Crippen molar-refractivity contribution in [1.82, 2.24) is 0 Å². The van der Waals surface area contributed by atoms with E-state index in [0.717, 1.165) is 16.7 Å². The van der Waals surface area contributed by atoms with Crippen molar-refractivity contribution in [2.75, 3.05) is 5.43 Å². The largest absolute Gasteiger partial charge is 0.438 e. The van der Waals surface area contributed by atoms with Crippen LogP contribution in [0.5, 0.6) is 0 Å². The first-order valence-electron chi connectivity index (χ1n) is 8.80. The highest BCUT2D eigenvalue weighted by molar-refractivity contribution is 5.88. The fourth-order valence-corrected chi connectivity index (χ4v) is 3.03. The fraction of sp³-hybridized carbons (Fsp3) is 0.0435. The second-order valence-electron chi connectivity index (χ2n) is 6.37. The van der Waals surface area contributed by atoms with E-state index in [0.29, 0.717) is 16.5 Å². The first-order chi connectivity index (χ1) is 13.6. The van der Waals surface area contributed by atoms with E-state index in [1.165, 1.54) is 18.3 Å². The molecule has 3 aromatic carbocycles. The molecule has 0 saturated heterocycles. The lowest BCUT2D eigenvalue weighted by Gasteiger charge is -2.11. The van der Waals surface area contributed by atoms with Crippen molar-refractivity contribution >= 4 is 23.1 Å². The van der Waals surface area contributed by atoms with E-state index < -0.39 is 0 Å². The Morgan fingerprint density at radius 1 is 0.964 bits per heavy atom. The summed E-state index contributed by atoms with van der Waals surface area (Å²) in [5.41, 5.74) is 6.07. The fourth-order valence-electron chi connectivity index (χ4n) is 3.03. The van der Waals surface area contributed by atoms with Crippen molar-refractivity contribution in [1.29, 1.82) is 0 Å². The summed E-state index contributed by atoms with van der Waals surface area (Å²) < 4.78 is 19.0. The first-order valence-corrected chi connectivity index (χ1v) is 8.80. The quantitative estimate of drug-likeness (QED) is 0.388. The number of hydrogen-bond acceptors (Lipinski definition) is 4. The minimum Gasteiger partial charge on any atom is -0.438 e. The second-order valence-corrected chi connectivity index (χ2v) is 6.37. The van der Waals surface area contributed by atoms with Crippen LogP contribution in [0, 0.1) is 12.7 Å². The van der Waals surface area contributed by atoms with E-state index in [2.05, 4.69) is 10.5 Å². The number of para-hydroxylation sites is 1. The number of rotatable bonds is 4. The zero-order valence-corrected chi connectivity index (χ0v) is 15.1. The molecule has 4 nitrogen and oxygen atoms in total. The van der Waals surface area contributed by atoms with Gasteiger partial charge in [0.15, 0.2) is 0 Å². The molecule has 0 aliphatic carbocycles. The third kappa shape index (κ3) is 3.42. The summed E-state index contributed by atoms with van der Waals surface area (Å²) in [6.45, 7) is 1.94. The summed E-state index contributed by atoms with van der Waals surface area (Å²) in [6, 6.07) is 20.7. The number of hydrogen-bond donors (Lipinski definition) is 1. The molecule has 1 heterocycles. The van der Waals surface area contributed by atoms with E-state index in [-0.39, 0.29) is 17.1 Å². The van der Waals surface area contributed by atoms with Gasteiger partial charge in [-0.15, -0.1) is 0 Å². The molecule has 4 aromatic rings. The van der Waals surface area contributed by atoms with Gasteiger partial charge in [0.05, 0.1) is 17.2 Å². The third-order valence-corrected chi connectivity index (χ3v) is 4.46. The maximum atomic E-state index is 13.2. The Labute approximate surface area is 161 Å². The van der Waals surface area contributed by atoms with Gasteiger partial charge in [-0.2, -0.15) is 5.10 Å². The van der Waals surface area contributed by atoms with Crippen molar-refractivity contribution < 1.29 is 8.81 Å². The van der Waals surface area contributed by atoms with Gasteiger partial charge in [0.2, 0.25) is 11.3 Å². The van der Waals surface area contributed by atoms with Crippen molar-refractivity contribution in [3.8, 4) is 11.1 Å². The molecule has 0 radical (unpaired) electrons. The van der Waals surface area contributed by atoms with Crippen LogP contribution in [-0.2, 0) is 0 Å². The van der Waals surface area contributed by atoms with Gasteiger partial charge < -0.3 is 4.42 Å². The highest BCUT2D eigenvalue weighted by Crippen LogP contribution is 2.30. The maximum Gasteiger partial charge on any atom is 0.225 e. The zero-order chi connectivity index (χ0) is 19.5. The normalized spacial score (nSPS) is 11.2. The molecule has 0 atom stereocenters. The number of benzene rings is 3. The molecule has 0 unspecified atom stereocenters. The van der Waals surface area contributed by atoms with E-state index in [1.54, 1.807) is 30.3 Å². The summed E-state index contributed by atoms with van der Waals surface area (Å²) in [6.07, 6.45) is 1.54. The lowest BCUT2D eigenvalue weighted by atomic mass is 10.00. The van der Waals surface area contributed by atoms with Gasteiger partial charge >= 0.3 is 0 Å². The molecule has 0 bridgehead atoms. The molecule has 1 N–H and O–H groups in total. The predicted octanol–water partition coefficient (Wildman–Crippen LogP) is 5.35. The van der Waals surface area contributed by atoms with Crippen molar-refractivity contribution in [2.45, 2.75) is 6.92 Å². The summed E-state index contributed by atoms with van der Waals surface area (Å²) in [5.74, 6) is -0.0520. The molecule has 0 aliphatic heterocycles. The Morgan fingerprint density at radius 3 is 2.46 bits per heavy atom. The maximum absolute atomic E-state index is 13.2. The van der Waals surface area contributed by atoms with E-state index in [9.17, 15) is 9.18 Å². The molecule has 0 aliphatic rings. The molecule has 0 saturated carbocycles. The van der Waals surface area contributed by atoms with Crippen molar-refractivity contribution in [2.24, 2.45) is 5.10 Å². The molecule has 5 heteroatoms. The van der Waals surface area contributed by atoms with Gasteiger partial charge in [-0.3, -0.25) is 4.79 Å². The highest BCUT2D eigenvalue weighted by atomic mass is 19.1. The van der Waals surface area contributed by atoms with Gasteiger partial charge in [0.1, 0.15) is 11.4 Å². The number of nitrogens with zero attached hydrogens (tertiary/aromatic N) is 1. The molecule has 28 heavy (non-hydrogen) atoms. The van der Waals surface area contributed by atoms with Crippen LogP contribution in [0.1, 0.15) is 11.1 Å². The monoisotopic (exact) mass is 372 g/mol. The van der Waals surface area contributed by atoms with Gasteiger partial charge in [-0.1, -0.05) is 48.5 Å². The van der Waals surface area contributed by atoms with E-state index >= 15 is 0 Å². The smallest absolute Gasteiger partial charge is 0.225 e. The highest BCUT2D eigenvalue weighted by Gasteiger charge is 2.17. The van der Waals surface area contributed by atoms with Crippen LogP contribution in [0.2, 0.25) is 0 Å². The van der Waals surface area contributed by atoms with Gasteiger partial charge in [-0.05, 0) is 47.9 Å². The Morgan fingerprint density at radius 2 is 1.68 bits per heavy atom. The van der Waals surface area contributed by atoms with Crippen LogP contribution in [0.15, 0.2) is 87.1 Å². The standard InChI is InChI=1S/C23H17FN2O2/c1-15-6-2-3-7-18(15)21-22(27)19-8-4-5-9-20(19)28-23(21)26-25-14-16-10-12-17(24)13-11-16/h2-14,26H,1H3/b25-14-. The summed E-state index contributed by atoms with van der Waals surface area (Å²) in [5, 5.41) is 4.68. The zero-order valence-electron chi connectivity index (χ0n) is 15.1. The number of halogens is 1. The number of fused-ring (bicyclic) bond motifs is 1. The summed E-state index contributed by atoms with van der Waals surface area (Å²) >= 11 is 0. The van der Waals surface area contributed by atoms with Crippen LogP contribution >= 0.6 is 0 Å². The Bertz CT molecular complexity index is 1230. The molecular formula is C23H17FN2O2. The molecule has 0 fully saturated rings. The molecule has 138 valence electrons. The van der Waals surface area contributed by atoms with Crippen molar-refractivity contribution in [3.05, 3.63) is 100.0 Å². The average molecular weight is 372 g/mol. The predicted molar refractivity (Wildman–Crippen MR) is 110 cm³/mol. The molecule has 4 rings (SSSR count). The average Bonchev–Trinajstić information content (AvgIpc) is 2.71. The molecule has 0 spiro atoms. The number of aryl methyl sites for hydroxylation is 1. The minimum absolute atomic E-state index is 0.129. The summed E-state index contributed by atoms with van der Waals surface area (Å²) in [7, 11) is 0. The number of nitrogens with one attached hydrogen (secondary N) is 1. The summed E-state index contributed by atoms with van der Waals surface area (Å²) in [4.78, 5) is 13.2. The lowest BCUT2D eigenvalue weighted by molar-refractivity contribution is 0.618. The Kier molecular flexibility index (Phi) is 4.72. The van der Waals surface area contributed by atoms with Crippen LogP contribution in [0.25, 0.3) is 22.1 Å². The second kappa shape index (κ2) is 7.48. The van der Waals surface area contributed by atoms with Gasteiger partial charge in [0, 0.05) is 0 Å². The van der Waals surface area contributed by atoms with E-state index in [4.69, 9.17) is 4.42 Å². The molecule has 0 amide bonds. The van der Waals surface area contributed by atoms with Crippen LogP contribution < -0.4 is 10.9 Å². The van der Waals surface area contributed by atoms with Gasteiger partial charge in [0.25, 0.3) is 0 Å². The molecular weight excluding hydrogens is 355 g/mol. The van der Waals surface area contributed by atoms with Crippen LogP contribution in [0.4, 0.5) is 10.3 Å². The Hall–Kier alpha value is -3.73. The SMILES string of the molecule is Cc1ccccc1-c1c(N/N=C\c2ccc(F)cc2)oc2ccccc2c1=O. The number of anilines is 1. The minimum atomic E-state index is -0.313. The van der Waals surface area contributed by atoms with E-state index in [1.807, 2.05) is 37.3 Å². The molecule has 1 aromatic heterocycles. The third-order valence-electron chi connectivity index (χ3n) is 4.46. The number of hydrazone groups is 1. The van der Waals surface area contributed by atoms with Crippen molar-refractivity contribution in [3.63, 3.8) is 0 Å². The van der Waals surface area contributed by atoms with Gasteiger partial charge in [-0.25, -0.2) is 9.82 Å². The van der Waals surface area contributed by atoms with Crippen LogP contribution in [-0.4, -0.2) is 6.21 Å².